The molecule has 6 nitrogen and oxygen atoms in total. The number of hydrogen-bond donors (Lipinski definition) is 1. The van der Waals surface area contributed by atoms with Crippen molar-refractivity contribution in [3.8, 4) is 0 Å². The molecule has 32 heavy (non-hydrogen) atoms. The maximum Gasteiger partial charge on any atom is 0.309 e. The Kier molecular flexibility index (Phi) is 7.80. The zero-order valence-electron chi connectivity index (χ0n) is 17.4. The van der Waals surface area contributed by atoms with E-state index >= 15 is 0 Å². The highest BCUT2D eigenvalue weighted by molar-refractivity contribution is 6.30. The minimum Gasteiger partial charge on any atom is -0.455 e. The van der Waals surface area contributed by atoms with Crippen molar-refractivity contribution in [1.29, 1.82) is 0 Å². The highest BCUT2D eigenvalue weighted by atomic mass is 35.5. The molecule has 0 radical (unpaired) electrons. The van der Waals surface area contributed by atoms with Gasteiger partial charge in [0.15, 0.2) is 6.61 Å². The molecule has 1 heterocycles. The number of nitrogens with zero attached hydrogens (tertiary/aromatic N) is 1. The normalized spacial score (nSPS) is 15.2. The van der Waals surface area contributed by atoms with Crippen LogP contribution in [0.4, 0.5) is 8.78 Å². The summed E-state index contributed by atoms with van der Waals surface area (Å²) in [6.45, 7) is 1.86. The van der Waals surface area contributed by atoms with Crippen molar-refractivity contribution in [2.75, 3.05) is 19.7 Å². The summed E-state index contributed by atoms with van der Waals surface area (Å²) in [6.07, 6.45) is 0.659. The second-order valence-corrected chi connectivity index (χ2v) is 8.08. The van der Waals surface area contributed by atoms with E-state index in [-0.39, 0.29) is 24.7 Å². The van der Waals surface area contributed by atoms with Crippen LogP contribution >= 0.6 is 11.6 Å². The molecule has 1 aliphatic heterocycles. The summed E-state index contributed by atoms with van der Waals surface area (Å²) in [5, 5.41) is 3.34. The van der Waals surface area contributed by atoms with Crippen LogP contribution in [0.2, 0.25) is 5.02 Å². The van der Waals surface area contributed by atoms with Gasteiger partial charge in [-0.3, -0.25) is 14.4 Å². The number of esters is 1. The summed E-state index contributed by atoms with van der Waals surface area (Å²) in [6, 6.07) is 9.56. The van der Waals surface area contributed by atoms with E-state index in [1.54, 1.807) is 31.2 Å². The number of piperidine rings is 1. The number of nitrogens with one attached hydrogen (secondary N) is 1. The Labute approximate surface area is 189 Å². The first kappa shape index (κ1) is 23.7. The van der Waals surface area contributed by atoms with Gasteiger partial charge in [0.2, 0.25) is 0 Å². The Balaban J connectivity index is 1.43. The lowest BCUT2D eigenvalue weighted by Crippen LogP contribution is -2.41. The first-order chi connectivity index (χ1) is 15.2. The lowest BCUT2D eigenvalue weighted by atomic mass is 9.96. The smallest absolute Gasteiger partial charge is 0.309 e. The summed E-state index contributed by atoms with van der Waals surface area (Å²) in [5.74, 6) is -3.63. The third-order valence-electron chi connectivity index (χ3n) is 5.37. The number of amides is 2. The minimum atomic E-state index is -0.921. The second kappa shape index (κ2) is 10.5. The molecule has 1 atom stereocenters. The third kappa shape index (κ3) is 6.03. The van der Waals surface area contributed by atoms with Gasteiger partial charge in [0.1, 0.15) is 11.6 Å². The average molecular weight is 465 g/mol. The molecule has 1 unspecified atom stereocenters. The predicted molar refractivity (Wildman–Crippen MR) is 114 cm³/mol. The molecule has 0 aromatic heterocycles. The Bertz CT molecular complexity index is 992. The topological polar surface area (TPSA) is 75.7 Å². The number of ether oxygens (including phenoxy) is 1. The van der Waals surface area contributed by atoms with Crippen LogP contribution in [-0.4, -0.2) is 42.4 Å². The van der Waals surface area contributed by atoms with Crippen molar-refractivity contribution >= 4 is 29.4 Å². The molecule has 1 aliphatic rings. The fraction of sp³-hybridized carbons (Fsp3) is 0.348. The Morgan fingerprint density at radius 3 is 2.41 bits per heavy atom. The van der Waals surface area contributed by atoms with E-state index < -0.39 is 41.9 Å². The van der Waals surface area contributed by atoms with E-state index in [0.29, 0.717) is 23.9 Å². The molecule has 0 aliphatic carbocycles. The van der Waals surface area contributed by atoms with Crippen LogP contribution in [0.3, 0.4) is 0 Å². The van der Waals surface area contributed by atoms with Crippen LogP contribution < -0.4 is 5.32 Å². The Hall–Kier alpha value is -3.00. The fourth-order valence-corrected chi connectivity index (χ4v) is 3.65. The molecule has 3 rings (SSSR count). The Morgan fingerprint density at radius 1 is 1.12 bits per heavy atom. The van der Waals surface area contributed by atoms with E-state index in [4.69, 9.17) is 16.3 Å². The van der Waals surface area contributed by atoms with Crippen molar-refractivity contribution in [3.05, 3.63) is 70.2 Å². The van der Waals surface area contributed by atoms with Gasteiger partial charge in [-0.1, -0.05) is 23.7 Å². The summed E-state index contributed by atoms with van der Waals surface area (Å²) in [5.41, 5.74) is 0.655. The first-order valence-corrected chi connectivity index (χ1v) is 10.6. The zero-order chi connectivity index (χ0) is 23.3. The van der Waals surface area contributed by atoms with Crippen LogP contribution in [0.25, 0.3) is 0 Å². The van der Waals surface area contributed by atoms with Crippen molar-refractivity contribution < 1.29 is 27.9 Å². The number of rotatable bonds is 6. The van der Waals surface area contributed by atoms with Crippen LogP contribution in [0.15, 0.2) is 42.5 Å². The molecule has 170 valence electrons. The molecule has 0 bridgehead atoms. The summed E-state index contributed by atoms with van der Waals surface area (Å²) in [4.78, 5) is 38.3. The SMILES string of the molecule is CC(NC(=O)COC(=O)C1CCN(C(=O)c2ccc(F)cc2F)CC1)c1ccc(Cl)cc1. The highest BCUT2D eigenvalue weighted by Crippen LogP contribution is 2.22. The quantitative estimate of drug-likeness (QED) is 0.658. The maximum atomic E-state index is 13.8. The number of halogens is 3. The van der Waals surface area contributed by atoms with Crippen LogP contribution in [0.1, 0.15) is 41.7 Å². The molecule has 0 spiro atoms. The van der Waals surface area contributed by atoms with E-state index in [9.17, 15) is 23.2 Å². The molecule has 1 fully saturated rings. The summed E-state index contributed by atoms with van der Waals surface area (Å²) in [7, 11) is 0. The van der Waals surface area contributed by atoms with Gasteiger partial charge in [0.05, 0.1) is 17.5 Å². The fourth-order valence-electron chi connectivity index (χ4n) is 3.52. The largest absolute Gasteiger partial charge is 0.455 e. The van der Waals surface area contributed by atoms with Gasteiger partial charge >= 0.3 is 5.97 Å². The highest BCUT2D eigenvalue weighted by Gasteiger charge is 2.30. The predicted octanol–water partition coefficient (Wildman–Crippen LogP) is 3.89. The molecule has 2 amide bonds. The zero-order valence-corrected chi connectivity index (χ0v) is 18.2. The molecular weight excluding hydrogens is 442 g/mol. The van der Waals surface area contributed by atoms with Crippen molar-refractivity contribution in [3.63, 3.8) is 0 Å². The average Bonchev–Trinajstić information content (AvgIpc) is 2.77. The molecule has 2 aromatic rings. The standard InChI is InChI=1S/C23H23ClF2N2O4/c1-14(15-2-4-17(24)5-3-15)27-21(29)13-32-23(31)16-8-10-28(11-9-16)22(30)19-7-6-18(25)12-20(19)26/h2-7,12,14,16H,8-11,13H2,1H3,(H,27,29). The third-order valence-corrected chi connectivity index (χ3v) is 5.62. The summed E-state index contributed by atoms with van der Waals surface area (Å²) >= 11 is 5.85. The molecule has 1 N–H and O–H groups in total. The molecule has 1 saturated heterocycles. The van der Waals surface area contributed by atoms with E-state index in [2.05, 4.69) is 5.32 Å². The van der Waals surface area contributed by atoms with Crippen molar-refractivity contribution in [1.82, 2.24) is 10.2 Å². The lowest BCUT2D eigenvalue weighted by molar-refractivity contribution is -0.154. The summed E-state index contributed by atoms with van der Waals surface area (Å²) < 4.78 is 32.0. The molecular formula is C23H23ClF2N2O4. The first-order valence-electron chi connectivity index (χ1n) is 10.2. The number of benzene rings is 2. The van der Waals surface area contributed by atoms with Crippen molar-refractivity contribution in [2.24, 2.45) is 5.92 Å². The number of carbonyl (C=O) groups excluding carboxylic acids is 3. The van der Waals surface area contributed by atoms with Gasteiger partial charge < -0.3 is 15.0 Å². The molecule has 0 saturated carbocycles. The van der Waals surface area contributed by atoms with E-state index in [1.165, 1.54) is 4.90 Å². The lowest BCUT2D eigenvalue weighted by Gasteiger charge is -2.31. The van der Waals surface area contributed by atoms with Crippen LogP contribution in [0.5, 0.6) is 0 Å². The van der Waals surface area contributed by atoms with Gasteiger partial charge in [0, 0.05) is 24.2 Å². The number of hydrogen-bond acceptors (Lipinski definition) is 4. The second-order valence-electron chi connectivity index (χ2n) is 7.64. The maximum absolute atomic E-state index is 13.8. The van der Waals surface area contributed by atoms with Crippen LogP contribution in [-0.2, 0) is 14.3 Å². The number of carbonyl (C=O) groups is 3. The number of likely N-dealkylation sites (tertiary alicyclic amines) is 1. The molecule has 2 aromatic carbocycles. The van der Waals surface area contributed by atoms with Gasteiger partial charge in [-0.05, 0) is 49.6 Å². The Morgan fingerprint density at radius 2 is 1.78 bits per heavy atom. The molecule has 9 heteroatoms. The van der Waals surface area contributed by atoms with Gasteiger partial charge in [0.25, 0.3) is 11.8 Å². The monoisotopic (exact) mass is 464 g/mol. The van der Waals surface area contributed by atoms with Gasteiger partial charge in [-0.25, -0.2) is 8.78 Å². The van der Waals surface area contributed by atoms with Gasteiger partial charge in [-0.15, -0.1) is 0 Å². The van der Waals surface area contributed by atoms with E-state index in [0.717, 1.165) is 17.7 Å². The minimum absolute atomic E-state index is 0.209. The van der Waals surface area contributed by atoms with Gasteiger partial charge in [-0.2, -0.15) is 0 Å². The van der Waals surface area contributed by atoms with E-state index in [1.807, 2.05) is 0 Å². The van der Waals surface area contributed by atoms with Crippen molar-refractivity contribution in [2.45, 2.75) is 25.8 Å². The van der Waals surface area contributed by atoms with Crippen LogP contribution in [0, 0.1) is 17.6 Å².